The number of carbonyl (C=O) groups is 2. The van der Waals surface area contributed by atoms with Crippen molar-refractivity contribution in [2.75, 3.05) is 0 Å². The SMILES string of the molecule is O=C1CCC(=O)N1.[B]. The number of rotatable bonds is 0. The monoisotopic (exact) mass is 110 g/mol. The van der Waals surface area contributed by atoms with E-state index in [0.717, 1.165) is 0 Å². The van der Waals surface area contributed by atoms with Crippen LogP contribution in [0.2, 0.25) is 0 Å². The molecule has 0 spiro atoms. The van der Waals surface area contributed by atoms with Crippen LogP contribution in [0.3, 0.4) is 0 Å². The maximum atomic E-state index is 10.1. The van der Waals surface area contributed by atoms with Gasteiger partial charge in [-0.15, -0.1) is 0 Å². The predicted molar refractivity (Wildman–Crippen MR) is 28.1 cm³/mol. The molecule has 0 bridgehead atoms. The fourth-order valence-electron chi connectivity index (χ4n) is 0.508. The van der Waals surface area contributed by atoms with Crippen LogP contribution in [-0.2, 0) is 9.59 Å². The van der Waals surface area contributed by atoms with E-state index in [1.165, 1.54) is 0 Å². The predicted octanol–water partition coefficient (Wildman–Crippen LogP) is -0.958. The second-order valence-electron chi connectivity index (χ2n) is 1.47. The first-order valence-electron chi connectivity index (χ1n) is 2.12. The first-order valence-corrected chi connectivity index (χ1v) is 2.12. The maximum Gasteiger partial charge on any atom is 0.227 e. The molecule has 1 N–H and O–H groups in total. The van der Waals surface area contributed by atoms with Crippen molar-refractivity contribution in [1.82, 2.24) is 5.32 Å². The minimum atomic E-state index is -0.148. The van der Waals surface area contributed by atoms with Crippen molar-refractivity contribution >= 4 is 20.2 Å². The lowest BCUT2D eigenvalue weighted by atomic mass is 10.4. The summed E-state index contributed by atoms with van der Waals surface area (Å²) in [5, 5.41) is 2.14. The molecule has 3 radical (unpaired) electrons. The largest absolute Gasteiger partial charge is 0.296 e. The van der Waals surface area contributed by atoms with Gasteiger partial charge < -0.3 is 0 Å². The number of hydrogen-bond acceptors (Lipinski definition) is 2. The molecule has 1 heterocycles. The molecule has 0 aliphatic carbocycles. The molecule has 2 amide bonds. The van der Waals surface area contributed by atoms with Crippen LogP contribution >= 0.6 is 0 Å². The highest BCUT2D eigenvalue weighted by Crippen LogP contribution is 1.95. The first kappa shape index (κ1) is 7.20. The van der Waals surface area contributed by atoms with Crippen molar-refractivity contribution in [2.24, 2.45) is 0 Å². The van der Waals surface area contributed by atoms with Crippen LogP contribution in [0.1, 0.15) is 12.8 Å². The molecule has 0 atom stereocenters. The normalized spacial score (nSPS) is 17.5. The van der Waals surface area contributed by atoms with E-state index < -0.39 is 0 Å². The van der Waals surface area contributed by atoms with E-state index in [4.69, 9.17) is 0 Å². The Balaban J connectivity index is 0.000000490. The van der Waals surface area contributed by atoms with Crippen molar-refractivity contribution in [3.8, 4) is 0 Å². The van der Waals surface area contributed by atoms with Crippen molar-refractivity contribution in [1.29, 1.82) is 0 Å². The van der Waals surface area contributed by atoms with Gasteiger partial charge in [0.1, 0.15) is 0 Å². The minimum absolute atomic E-state index is 0. The quantitative estimate of drug-likeness (QED) is 0.322. The van der Waals surface area contributed by atoms with E-state index in [1.54, 1.807) is 0 Å². The molecule has 1 fully saturated rings. The molecule has 1 rings (SSSR count). The molecule has 0 unspecified atom stereocenters. The lowest BCUT2D eigenvalue weighted by Gasteiger charge is -1.79. The summed E-state index contributed by atoms with van der Waals surface area (Å²) in [5.74, 6) is -0.296. The number of imide groups is 1. The van der Waals surface area contributed by atoms with Gasteiger partial charge in [0.05, 0.1) is 0 Å². The van der Waals surface area contributed by atoms with Crippen LogP contribution in [0.5, 0.6) is 0 Å². The molecule has 0 aromatic rings. The zero-order chi connectivity index (χ0) is 5.28. The Morgan fingerprint density at radius 1 is 1.12 bits per heavy atom. The third-order valence-corrected chi connectivity index (χ3v) is 0.858. The summed E-state index contributed by atoms with van der Waals surface area (Å²) >= 11 is 0. The van der Waals surface area contributed by atoms with Gasteiger partial charge in [0.2, 0.25) is 11.8 Å². The van der Waals surface area contributed by atoms with Crippen molar-refractivity contribution < 1.29 is 9.59 Å². The van der Waals surface area contributed by atoms with Crippen molar-refractivity contribution in [3.05, 3.63) is 0 Å². The van der Waals surface area contributed by atoms with Gasteiger partial charge >= 0.3 is 0 Å². The molecule has 1 saturated heterocycles. The Hall–Kier alpha value is -0.795. The van der Waals surface area contributed by atoms with Crippen LogP contribution in [0, 0.1) is 0 Å². The standard InChI is InChI=1S/C4H5NO2.B/c6-3-1-2-4(7)5-3;/h1-2H2,(H,5,6,7);. The molecule has 1 aliphatic rings. The van der Waals surface area contributed by atoms with Crippen LogP contribution in [-0.4, -0.2) is 20.2 Å². The number of nitrogens with one attached hydrogen (secondary N) is 1. The Morgan fingerprint density at radius 3 is 1.62 bits per heavy atom. The van der Waals surface area contributed by atoms with E-state index in [0.29, 0.717) is 12.8 Å². The fourth-order valence-corrected chi connectivity index (χ4v) is 0.508. The average molecular weight is 110 g/mol. The number of carbonyl (C=O) groups excluding carboxylic acids is 2. The summed E-state index contributed by atoms with van der Waals surface area (Å²) in [6.07, 6.45) is 0.748. The molecule has 3 nitrogen and oxygen atoms in total. The highest BCUT2D eigenvalue weighted by molar-refractivity contribution is 6.01. The summed E-state index contributed by atoms with van der Waals surface area (Å²) in [5.41, 5.74) is 0. The third-order valence-electron chi connectivity index (χ3n) is 0.858. The van der Waals surface area contributed by atoms with Gasteiger partial charge in [0, 0.05) is 21.3 Å². The highest BCUT2D eigenvalue weighted by Gasteiger charge is 2.15. The molecule has 8 heavy (non-hydrogen) atoms. The highest BCUT2D eigenvalue weighted by atomic mass is 16.2. The van der Waals surface area contributed by atoms with Crippen LogP contribution in [0.15, 0.2) is 0 Å². The lowest BCUT2D eigenvalue weighted by molar-refractivity contribution is -0.124. The fraction of sp³-hybridized carbons (Fsp3) is 0.500. The van der Waals surface area contributed by atoms with E-state index in [1.807, 2.05) is 0 Å². The van der Waals surface area contributed by atoms with Gasteiger partial charge in [0.15, 0.2) is 0 Å². The van der Waals surface area contributed by atoms with E-state index in [9.17, 15) is 9.59 Å². The first-order chi connectivity index (χ1) is 3.29. The Morgan fingerprint density at radius 2 is 1.50 bits per heavy atom. The van der Waals surface area contributed by atoms with Crippen LogP contribution in [0.4, 0.5) is 0 Å². The van der Waals surface area contributed by atoms with Crippen LogP contribution < -0.4 is 5.32 Å². The van der Waals surface area contributed by atoms with Gasteiger partial charge in [-0.3, -0.25) is 14.9 Å². The average Bonchev–Trinajstić information content (AvgIpc) is 1.87. The third kappa shape index (κ3) is 1.37. The summed E-state index contributed by atoms with van der Waals surface area (Å²) in [6, 6.07) is 0. The Bertz CT molecular complexity index is 109. The molecular formula is C4H5BNO2. The van der Waals surface area contributed by atoms with Gasteiger partial charge in [0.25, 0.3) is 0 Å². The number of amides is 2. The molecule has 0 aromatic heterocycles. The van der Waals surface area contributed by atoms with E-state index in [-0.39, 0.29) is 20.2 Å². The smallest absolute Gasteiger partial charge is 0.227 e. The summed E-state index contributed by atoms with van der Waals surface area (Å²) < 4.78 is 0. The summed E-state index contributed by atoms with van der Waals surface area (Å²) in [6.45, 7) is 0. The van der Waals surface area contributed by atoms with Gasteiger partial charge in [-0.1, -0.05) is 0 Å². The zero-order valence-corrected chi connectivity index (χ0v) is 4.31. The lowest BCUT2D eigenvalue weighted by Crippen LogP contribution is -2.18. The Kier molecular flexibility index (Phi) is 2.25. The molecule has 0 saturated carbocycles. The van der Waals surface area contributed by atoms with Gasteiger partial charge in [-0.2, -0.15) is 0 Å². The summed E-state index contributed by atoms with van der Waals surface area (Å²) in [7, 11) is 0. The molecule has 4 heteroatoms. The van der Waals surface area contributed by atoms with E-state index in [2.05, 4.69) is 5.32 Å². The maximum absolute atomic E-state index is 10.1. The molecular weight excluding hydrogens is 105 g/mol. The second kappa shape index (κ2) is 2.50. The van der Waals surface area contributed by atoms with Crippen LogP contribution in [0.25, 0.3) is 0 Å². The molecule has 1 aliphatic heterocycles. The summed E-state index contributed by atoms with van der Waals surface area (Å²) in [4.78, 5) is 20.2. The van der Waals surface area contributed by atoms with Gasteiger partial charge in [-0.05, 0) is 0 Å². The second-order valence-corrected chi connectivity index (χ2v) is 1.47. The number of hydrogen-bond donors (Lipinski definition) is 1. The van der Waals surface area contributed by atoms with E-state index >= 15 is 0 Å². The zero-order valence-electron chi connectivity index (χ0n) is 4.31. The van der Waals surface area contributed by atoms with Crippen molar-refractivity contribution in [3.63, 3.8) is 0 Å². The topological polar surface area (TPSA) is 46.2 Å². The van der Waals surface area contributed by atoms with Crippen molar-refractivity contribution in [2.45, 2.75) is 12.8 Å². The minimum Gasteiger partial charge on any atom is -0.296 e. The Labute approximate surface area is 49.0 Å². The molecule has 0 aromatic carbocycles. The van der Waals surface area contributed by atoms with Gasteiger partial charge in [-0.25, -0.2) is 0 Å². The molecule has 41 valence electrons.